The summed E-state index contributed by atoms with van der Waals surface area (Å²) >= 11 is 0. The van der Waals surface area contributed by atoms with Crippen molar-refractivity contribution in [1.29, 1.82) is 0 Å². The SMILES string of the molecule is CN(C)C(=O)c1cccc(CCNc2ccc([N+](=O)[O-])cc2F)c1. The monoisotopic (exact) mass is 331 g/mol. The maximum atomic E-state index is 13.8. The molecule has 0 aliphatic heterocycles. The molecule has 6 nitrogen and oxygen atoms in total. The van der Waals surface area contributed by atoms with Crippen molar-refractivity contribution in [2.45, 2.75) is 6.42 Å². The second-order valence-electron chi connectivity index (χ2n) is 5.50. The number of nitro benzene ring substituents is 1. The fraction of sp³-hybridized carbons (Fsp3) is 0.235. The minimum Gasteiger partial charge on any atom is -0.382 e. The average molecular weight is 331 g/mol. The van der Waals surface area contributed by atoms with Gasteiger partial charge in [0.1, 0.15) is 0 Å². The molecule has 1 amide bonds. The number of amides is 1. The van der Waals surface area contributed by atoms with E-state index in [0.29, 0.717) is 18.5 Å². The summed E-state index contributed by atoms with van der Waals surface area (Å²) in [5.74, 6) is -0.744. The Labute approximate surface area is 139 Å². The molecule has 0 heterocycles. The first-order valence-electron chi connectivity index (χ1n) is 7.37. The molecule has 0 aliphatic carbocycles. The van der Waals surface area contributed by atoms with Crippen molar-refractivity contribution < 1.29 is 14.1 Å². The van der Waals surface area contributed by atoms with Crippen LogP contribution in [0.1, 0.15) is 15.9 Å². The highest BCUT2D eigenvalue weighted by Crippen LogP contribution is 2.20. The molecule has 0 aromatic heterocycles. The number of non-ortho nitro benzene ring substituents is 1. The largest absolute Gasteiger partial charge is 0.382 e. The molecule has 0 bridgehead atoms. The predicted octanol–water partition coefficient (Wildman–Crippen LogP) is 3.09. The number of rotatable bonds is 6. The van der Waals surface area contributed by atoms with Crippen LogP contribution in [0.25, 0.3) is 0 Å². The number of halogens is 1. The quantitative estimate of drug-likeness (QED) is 0.652. The van der Waals surface area contributed by atoms with E-state index in [1.165, 1.54) is 17.0 Å². The van der Waals surface area contributed by atoms with Gasteiger partial charge in [-0.05, 0) is 30.2 Å². The third-order valence-corrected chi connectivity index (χ3v) is 3.47. The maximum absolute atomic E-state index is 13.8. The van der Waals surface area contributed by atoms with Crippen LogP contribution in [-0.2, 0) is 6.42 Å². The highest BCUT2D eigenvalue weighted by Gasteiger charge is 2.11. The molecule has 0 saturated carbocycles. The summed E-state index contributed by atoms with van der Waals surface area (Å²) in [6.45, 7) is 0.439. The molecule has 2 aromatic carbocycles. The molecule has 0 radical (unpaired) electrons. The Morgan fingerprint density at radius 3 is 2.62 bits per heavy atom. The van der Waals surface area contributed by atoms with Crippen molar-refractivity contribution in [3.63, 3.8) is 0 Å². The van der Waals surface area contributed by atoms with Crippen molar-refractivity contribution in [3.05, 3.63) is 69.5 Å². The smallest absolute Gasteiger partial charge is 0.272 e. The van der Waals surface area contributed by atoms with Crippen LogP contribution in [0.3, 0.4) is 0 Å². The van der Waals surface area contributed by atoms with Gasteiger partial charge in [-0.2, -0.15) is 0 Å². The Morgan fingerprint density at radius 1 is 1.25 bits per heavy atom. The van der Waals surface area contributed by atoms with Gasteiger partial charge in [0.2, 0.25) is 0 Å². The van der Waals surface area contributed by atoms with E-state index in [1.54, 1.807) is 32.3 Å². The Hall–Kier alpha value is -2.96. The molecule has 0 atom stereocenters. The summed E-state index contributed by atoms with van der Waals surface area (Å²) in [5.41, 5.74) is 1.46. The van der Waals surface area contributed by atoms with Crippen molar-refractivity contribution in [2.75, 3.05) is 26.0 Å². The van der Waals surface area contributed by atoms with Gasteiger partial charge in [0.25, 0.3) is 11.6 Å². The third kappa shape index (κ3) is 4.28. The van der Waals surface area contributed by atoms with E-state index in [1.807, 2.05) is 6.07 Å². The number of nitrogens with one attached hydrogen (secondary N) is 1. The molecule has 0 spiro atoms. The van der Waals surface area contributed by atoms with Gasteiger partial charge < -0.3 is 10.2 Å². The van der Waals surface area contributed by atoms with Gasteiger partial charge >= 0.3 is 0 Å². The molecule has 0 aliphatic rings. The van der Waals surface area contributed by atoms with Crippen LogP contribution >= 0.6 is 0 Å². The normalized spacial score (nSPS) is 10.3. The topological polar surface area (TPSA) is 75.5 Å². The number of nitro groups is 1. The Morgan fingerprint density at radius 2 is 2.00 bits per heavy atom. The van der Waals surface area contributed by atoms with Crippen LogP contribution in [0, 0.1) is 15.9 Å². The number of anilines is 1. The molecule has 126 valence electrons. The molecule has 24 heavy (non-hydrogen) atoms. The Kier molecular flexibility index (Phi) is 5.47. The summed E-state index contributed by atoms with van der Waals surface area (Å²) in [6, 6.07) is 10.7. The van der Waals surface area contributed by atoms with Crippen LogP contribution in [0.4, 0.5) is 15.8 Å². The summed E-state index contributed by atoms with van der Waals surface area (Å²) in [5, 5.41) is 13.5. The van der Waals surface area contributed by atoms with Crippen molar-refractivity contribution >= 4 is 17.3 Å². The molecule has 0 fully saturated rings. The van der Waals surface area contributed by atoms with Crippen molar-refractivity contribution in [2.24, 2.45) is 0 Å². The van der Waals surface area contributed by atoms with Gasteiger partial charge in [-0.1, -0.05) is 12.1 Å². The van der Waals surface area contributed by atoms with Gasteiger partial charge in [-0.25, -0.2) is 4.39 Å². The van der Waals surface area contributed by atoms with Crippen LogP contribution in [0.2, 0.25) is 0 Å². The standard InChI is InChI=1S/C17H18FN3O3/c1-20(2)17(22)13-5-3-4-12(10-13)8-9-19-16-7-6-14(21(23)24)11-15(16)18/h3-7,10-11,19H,8-9H2,1-2H3. The zero-order valence-electron chi connectivity index (χ0n) is 13.5. The Balaban J connectivity index is 1.98. The molecular formula is C17H18FN3O3. The Bertz CT molecular complexity index is 762. The van der Waals surface area contributed by atoms with E-state index in [2.05, 4.69) is 5.32 Å². The minimum atomic E-state index is -0.666. The van der Waals surface area contributed by atoms with Crippen LogP contribution in [0.5, 0.6) is 0 Å². The number of benzene rings is 2. The second kappa shape index (κ2) is 7.54. The molecule has 0 unspecified atom stereocenters. The number of hydrogen-bond donors (Lipinski definition) is 1. The van der Waals surface area contributed by atoms with E-state index in [0.717, 1.165) is 11.6 Å². The molecule has 2 aromatic rings. The highest BCUT2D eigenvalue weighted by atomic mass is 19.1. The maximum Gasteiger partial charge on any atom is 0.272 e. The van der Waals surface area contributed by atoms with Crippen LogP contribution < -0.4 is 5.32 Å². The number of carbonyl (C=O) groups excluding carboxylic acids is 1. The molecule has 1 N–H and O–H groups in total. The number of nitrogens with zero attached hydrogens (tertiary/aromatic N) is 2. The molecule has 0 saturated heterocycles. The van der Waals surface area contributed by atoms with E-state index in [4.69, 9.17) is 0 Å². The summed E-state index contributed by atoms with van der Waals surface area (Å²) in [6.07, 6.45) is 0.588. The van der Waals surface area contributed by atoms with E-state index in [-0.39, 0.29) is 17.3 Å². The van der Waals surface area contributed by atoms with Crippen LogP contribution in [-0.4, -0.2) is 36.4 Å². The van der Waals surface area contributed by atoms with Gasteiger partial charge in [0, 0.05) is 32.3 Å². The van der Waals surface area contributed by atoms with E-state index < -0.39 is 10.7 Å². The average Bonchev–Trinajstić information content (AvgIpc) is 2.55. The van der Waals surface area contributed by atoms with E-state index in [9.17, 15) is 19.3 Å². The van der Waals surface area contributed by atoms with Crippen LogP contribution in [0.15, 0.2) is 42.5 Å². The first-order valence-corrected chi connectivity index (χ1v) is 7.37. The van der Waals surface area contributed by atoms with E-state index >= 15 is 0 Å². The highest BCUT2D eigenvalue weighted by molar-refractivity contribution is 5.94. The van der Waals surface area contributed by atoms with Gasteiger partial charge in [-0.15, -0.1) is 0 Å². The first-order chi connectivity index (χ1) is 11.4. The lowest BCUT2D eigenvalue weighted by Gasteiger charge is -2.12. The zero-order chi connectivity index (χ0) is 17.7. The fourth-order valence-corrected chi connectivity index (χ4v) is 2.22. The lowest BCUT2D eigenvalue weighted by atomic mass is 10.1. The zero-order valence-corrected chi connectivity index (χ0v) is 13.5. The third-order valence-electron chi connectivity index (χ3n) is 3.47. The fourth-order valence-electron chi connectivity index (χ4n) is 2.22. The van der Waals surface area contributed by atoms with Gasteiger partial charge in [0.05, 0.1) is 16.7 Å². The summed E-state index contributed by atoms with van der Waals surface area (Å²) in [7, 11) is 3.38. The summed E-state index contributed by atoms with van der Waals surface area (Å²) in [4.78, 5) is 23.4. The predicted molar refractivity (Wildman–Crippen MR) is 89.7 cm³/mol. The first kappa shape index (κ1) is 17.4. The summed E-state index contributed by atoms with van der Waals surface area (Å²) < 4.78 is 13.8. The van der Waals surface area contributed by atoms with Gasteiger partial charge in [-0.3, -0.25) is 14.9 Å². The van der Waals surface area contributed by atoms with Crippen molar-refractivity contribution in [1.82, 2.24) is 4.90 Å². The molecular weight excluding hydrogens is 313 g/mol. The molecule has 7 heteroatoms. The lowest BCUT2D eigenvalue weighted by molar-refractivity contribution is -0.385. The number of carbonyl (C=O) groups is 1. The minimum absolute atomic E-state index is 0.0776. The van der Waals surface area contributed by atoms with Gasteiger partial charge in [0.15, 0.2) is 5.82 Å². The van der Waals surface area contributed by atoms with Crippen molar-refractivity contribution in [3.8, 4) is 0 Å². The lowest BCUT2D eigenvalue weighted by Crippen LogP contribution is -2.21. The second-order valence-corrected chi connectivity index (χ2v) is 5.50. The molecule has 2 rings (SSSR count). The number of hydrogen-bond acceptors (Lipinski definition) is 4.